The molecule has 0 saturated carbocycles. The maximum Gasteiger partial charge on any atom is 0.260 e. The minimum absolute atomic E-state index is 0.0405. The van der Waals surface area contributed by atoms with Crippen molar-refractivity contribution in [3.63, 3.8) is 0 Å². The molecular weight excluding hydrogens is 391 g/mol. The number of nitrogens with zero attached hydrogens (tertiary/aromatic N) is 3. The van der Waals surface area contributed by atoms with Gasteiger partial charge in [-0.25, -0.2) is 18.2 Å². The fraction of sp³-hybridized carbons (Fsp3) is 0.400. The van der Waals surface area contributed by atoms with Gasteiger partial charge >= 0.3 is 0 Å². The summed E-state index contributed by atoms with van der Waals surface area (Å²) in [6.07, 6.45) is -0.851. The van der Waals surface area contributed by atoms with Crippen molar-refractivity contribution >= 4 is 21.7 Å². The summed E-state index contributed by atoms with van der Waals surface area (Å²) in [5.74, 6) is 0.497. The molecule has 1 aromatic carbocycles. The molecule has 4 rings (SSSR count). The second-order valence-corrected chi connectivity index (χ2v) is 6.43. The molecule has 2 aliphatic heterocycles. The molecule has 1 atom stereocenters. The number of anilines is 1. The van der Waals surface area contributed by atoms with E-state index in [2.05, 4.69) is 20.9 Å². The van der Waals surface area contributed by atoms with Gasteiger partial charge in [-0.05, 0) is 28.1 Å². The molecule has 1 aromatic heterocycles. The van der Waals surface area contributed by atoms with Crippen molar-refractivity contribution in [3.05, 3.63) is 28.6 Å². The first-order chi connectivity index (χ1) is 11.6. The van der Waals surface area contributed by atoms with E-state index in [1.807, 2.05) is 0 Å². The summed E-state index contributed by atoms with van der Waals surface area (Å²) in [5.41, 5.74) is 0.494. The first-order valence-electron chi connectivity index (χ1n) is 7.37. The molecule has 1 saturated heterocycles. The van der Waals surface area contributed by atoms with Crippen LogP contribution in [0.3, 0.4) is 0 Å². The van der Waals surface area contributed by atoms with Gasteiger partial charge in [-0.3, -0.25) is 0 Å². The van der Waals surface area contributed by atoms with E-state index in [0.717, 1.165) is 0 Å². The van der Waals surface area contributed by atoms with Gasteiger partial charge in [0, 0.05) is 6.20 Å². The number of halogens is 4. The molecule has 2 aliphatic rings. The molecule has 3 heterocycles. The molecule has 0 aliphatic carbocycles. The van der Waals surface area contributed by atoms with E-state index in [1.165, 1.54) is 4.90 Å². The predicted molar refractivity (Wildman–Crippen MR) is 83.9 cm³/mol. The number of aromatic nitrogens is 2. The van der Waals surface area contributed by atoms with E-state index in [4.69, 9.17) is 9.47 Å². The second kappa shape index (κ2) is 5.96. The lowest BCUT2D eigenvalue weighted by molar-refractivity contribution is 0.100. The van der Waals surface area contributed by atoms with Gasteiger partial charge in [0.1, 0.15) is 31.0 Å². The monoisotopic (exact) mass is 403 g/mol. The number of fused-ring (bicyclic) bond motifs is 3. The van der Waals surface area contributed by atoms with Crippen LogP contribution in [0.4, 0.5) is 19.0 Å². The number of hydrogen-bond acceptors (Lipinski definition) is 4. The summed E-state index contributed by atoms with van der Waals surface area (Å²) in [4.78, 5) is 5.88. The quantitative estimate of drug-likeness (QED) is 0.771. The Morgan fingerprint density at radius 3 is 2.96 bits per heavy atom. The molecule has 0 amide bonds. The van der Waals surface area contributed by atoms with Gasteiger partial charge in [0.2, 0.25) is 0 Å². The number of rotatable bonds is 2. The normalized spacial score (nSPS) is 19.9. The van der Waals surface area contributed by atoms with Crippen LogP contribution in [0.25, 0.3) is 11.4 Å². The number of hydrogen-bond donors (Lipinski definition) is 0. The van der Waals surface area contributed by atoms with Gasteiger partial charge in [-0.15, -0.1) is 0 Å². The molecule has 0 N–H and O–H groups in total. The third kappa shape index (κ3) is 2.46. The average molecular weight is 404 g/mol. The zero-order chi connectivity index (χ0) is 16.8. The number of benzene rings is 1. The van der Waals surface area contributed by atoms with Crippen molar-refractivity contribution in [2.24, 2.45) is 0 Å². The van der Waals surface area contributed by atoms with Gasteiger partial charge in [0.25, 0.3) is 6.43 Å². The summed E-state index contributed by atoms with van der Waals surface area (Å²) < 4.78 is 53.3. The Labute approximate surface area is 144 Å². The predicted octanol–water partition coefficient (Wildman–Crippen LogP) is 3.27. The van der Waals surface area contributed by atoms with Crippen LogP contribution >= 0.6 is 15.9 Å². The Hall–Kier alpha value is -1.74. The fourth-order valence-corrected chi connectivity index (χ4v) is 3.24. The summed E-state index contributed by atoms with van der Waals surface area (Å²) in [6.45, 7) is 0.727. The molecule has 24 heavy (non-hydrogen) atoms. The Kier molecular flexibility index (Phi) is 3.92. The molecule has 2 aromatic rings. The van der Waals surface area contributed by atoms with Gasteiger partial charge in [0.15, 0.2) is 11.6 Å². The average Bonchev–Trinajstić information content (AvgIpc) is 3.15. The van der Waals surface area contributed by atoms with E-state index in [1.54, 1.807) is 22.9 Å². The third-order valence-electron chi connectivity index (χ3n) is 4.14. The van der Waals surface area contributed by atoms with Crippen molar-refractivity contribution in [1.29, 1.82) is 0 Å². The minimum atomic E-state index is -2.53. The highest BCUT2D eigenvalue weighted by Gasteiger charge is 2.35. The van der Waals surface area contributed by atoms with Crippen LogP contribution in [0.2, 0.25) is 0 Å². The molecule has 0 spiro atoms. The van der Waals surface area contributed by atoms with Crippen LogP contribution in [-0.4, -0.2) is 42.0 Å². The van der Waals surface area contributed by atoms with Crippen molar-refractivity contribution in [2.45, 2.75) is 19.0 Å². The lowest BCUT2D eigenvalue weighted by atomic mass is 10.2. The number of ether oxygens (including phenoxy) is 2. The Morgan fingerprint density at radius 1 is 1.33 bits per heavy atom. The fourth-order valence-electron chi connectivity index (χ4n) is 2.92. The Morgan fingerprint density at radius 2 is 2.17 bits per heavy atom. The summed E-state index contributed by atoms with van der Waals surface area (Å²) in [6, 6.07) is 2.24. The van der Waals surface area contributed by atoms with Crippen LogP contribution in [0, 0.1) is 5.82 Å². The van der Waals surface area contributed by atoms with Crippen molar-refractivity contribution in [3.8, 4) is 17.1 Å². The lowest BCUT2D eigenvalue weighted by Crippen LogP contribution is -2.36. The third-order valence-corrected chi connectivity index (χ3v) is 4.75. The maximum atomic E-state index is 14.3. The molecule has 0 radical (unpaired) electrons. The van der Waals surface area contributed by atoms with Crippen LogP contribution in [0.5, 0.6) is 5.75 Å². The topological polar surface area (TPSA) is 39.5 Å². The van der Waals surface area contributed by atoms with E-state index in [9.17, 15) is 13.2 Å². The van der Waals surface area contributed by atoms with E-state index in [-0.39, 0.29) is 25.7 Å². The molecular formula is C15H13BrF3N3O2. The van der Waals surface area contributed by atoms with E-state index >= 15 is 0 Å². The zero-order valence-corrected chi connectivity index (χ0v) is 14.0. The summed E-state index contributed by atoms with van der Waals surface area (Å²) in [7, 11) is 0. The van der Waals surface area contributed by atoms with Crippen molar-refractivity contribution in [1.82, 2.24) is 9.55 Å². The first kappa shape index (κ1) is 15.8. The van der Waals surface area contributed by atoms with E-state index < -0.39 is 18.3 Å². The van der Waals surface area contributed by atoms with Gasteiger partial charge in [-0.2, -0.15) is 0 Å². The molecule has 128 valence electrons. The highest BCUT2D eigenvalue weighted by Crippen LogP contribution is 2.38. The van der Waals surface area contributed by atoms with Gasteiger partial charge in [0.05, 0.1) is 23.2 Å². The lowest BCUT2D eigenvalue weighted by Gasteiger charge is -2.21. The molecule has 0 unspecified atom stereocenters. The summed E-state index contributed by atoms with van der Waals surface area (Å²) >= 11 is 3.13. The highest BCUT2D eigenvalue weighted by molar-refractivity contribution is 9.10. The summed E-state index contributed by atoms with van der Waals surface area (Å²) in [5, 5.41) is 0. The maximum absolute atomic E-state index is 14.3. The van der Waals surface area contributed by atoms with Crippen LogP contribution in [-0.2, 0) is 11.3 Å². The SMILES string of the molecule is Fc1c(Br)ccc2c1OCCn1cc(N3COC[C@H]3C(F)F)nc1-2. The van der Waals surface area contributed by atoms with Crippen LogP contribution in [0.15, 0.2) is 22.8 Å². The molecule has 5 nitrogen and oxygen atoms in total. The number of imidazole rings is 1. The smallest absolute Gasteiger partial charge is 0.260 e. The van der Waals surface area contributed by atoms with Crippen LogP contribution in [0.1, 0.15) is 0 Å². The van der Waals surface area contributed by atoms with Crippen molar-refractivity contribution < 1.29 is 22.6 Å². The van der Waals surface area contributed by atoms with E-state index in [0.29, 0.717) is 28.2 Å². The second-order valence-electron chi connectivity index (χ2n) is 5.57. The van der Waals surface area contributed by atoms with Gasteiger partial charge < -0.3 is 18.9 Å². The Balaban J connectivity index is 1.78. The molecule has 1 fully saturated rings. The zero-order valence-electron chi connectivity index (χ0n) is 12.4. The minimum Gasteiger partial charge on any atom is -0.488 e. The van der Waals surface area contributed by atoms with Crippen molar-refractivity contribution in [2.75, 3.05) is 24.8 Å². The number of alkyl halides is 2. The molecule has 0 bridgehead atoms. The standard InChI is InChI=1S/C15H13BrF3N3O2/c16-9-2-1-8-13(12(9)17)24-4-3-21-5-11(20-15(8)21)22-7-23-6-10(22)14(18)19/h1-2,5,10,14H,3-4,6-7H2/t10-/m0/s1. The van der Waals surface area contributed by atoms with Gasteiger partial charge in [-0.1, -0.05) is 0 Å². The first-order valence-corrected chi connectivity index (χ1v) is 8.16. The highest BCUT2D eigenvalue weighted by atomic mass is 79.9. The largest absolute Gasteiger partial charge is 0.488 e. The Bertz CT molecular complexity index is 784. The molecule has 9 heteroatoms. The van der Waals surface area contributed by atoms with Crippen LogP contribution < -0.4 is 9.64 Å².